The van der Waals surface area contributed by atoms with Crippen LogP contribution in [0.3, 0.4) is 0 Å². The number of carbonyl (C=O) groups excluding carboxylic acids is 1. The molecule has 8 fully saturated rings. The molecule has 25 atom stereocenters. The summed E-state index contributed by atoms with van der Waals surface area (Å²) in [5.74, 6) is 0.955. The van der Waals surface area contributed by atoms with Crippen molar-refractivity contribution in [3.05, 3.63) is 11.6 Å². The zero-order valence-electron chi connectivity index (χ0n) is 38.7. The van der Waals surface area contributed by atoms with Crippen LogP contribution in [0.4, 0.5) is 0 Å². The lowest BCUT2D eigenvalue weighted by atomic mass is 9.43. The molecule has 0 amide bonds. The Bertz CT molecular complexity index is 1680. The fraction of sp³-hybridized carbons (Fsp3) is 0.938. The molecule has 6 N–H and O–H groups in total. The summed E-state index contributed by atoms with van der Waals surface area (Å²) in [6.45, 7) is 14.2. The SMILES string of the molecule is CC1OC(OC2C(O)CC(OC3C(O)CC(O[C@H]4CC[C@@]5(C)[C@H](CC[C@@H]6[C@@H]5CC[C@]5(C)[C@@H](C7=CC(=O)OC7)CC[C@]65O)C4)OC3C)OC2C)CC(OC2OC(C)[C@H](O)C(O)[C@@H]2O)C1C. The summed E-state index contributed by atoms with van der Waals surface area (Å²) in [5.41, 5.74) is 0.164. The molecule has 0 aromatic heterocycles. The molecule has 0 aromatic rings. The molecule has 4 saturated heterocycles. The highest BCUT2D eigenvalue weighted by Crippen LogP contribution is 2.70. The Hall–Kier alpha value is -1.35. The molecule has 64 heavy (non-hydrogen) atoms. The minimum Gasteiger partial charge on any atom is -0.458 e. The first-order valence-electron chi connectivity index (χ1n) is 24.5. The van der Waals surface area contributed by atoms with Crippen molar-refractivity contribution < 1.29 is 78.1 Å². The van der Waals surface area contributed by atoms with E-state index in [0.717, 1.165) is 63.4 Å². The van der Waals surface area contributed by atoms with E-state index in [1.54, 1.807) is 19.9 Å². The van der Waals surface area contributed by atoms with Gasteiger partial charge in [0, 0.05) is 36.7 Å². The molecule has 5 aliphatic heterocycles. The van der Waals surface area contributed by atoms with Gasteiger partial charge in [0.25, 0.3) is 0 Å². The van der Waals surface area contributed by atoms with Crippen LogP contribution >= 0.6 is 0 Å². The van der Waals surface area contributed by atoms with Crippen molar-refractivity contribution in [2.45, 2.75) is 236 Å². The molecule has 5 heterocycles. The molecule has 0 spiro atoms. The van der Waals surface area contributed by atoms with Gasteiger partial charge in [-0.15, -0.1) is 0 Å². The van der Waals surface area contributed by atoms with Gasteiger partial charge in [0.2, 0.25) is 0 Å². The number of aliphatic hydroxyl groups excluding tert-OH is 5. The molecule has 16 nitrogen and oxygen atoms in total. The van der Waals surface area contributed by atoms with Crippen LogP contribution in [0.25, 0.3) is 0 Å². The minimum absolute atomic E-state index is 0.00439. The van der Waals surface area contributed by atoms with Crippen LogP contribution in [0.2, 0.25) is 0 Å². The number of cyclic esters (lactones) is 1. The Morgan fingerprint density at radius 2 is 1.27 bits per heavy atom. The highest BCUT2D eigenvalue weighted by Gasteiger charge is 2.68. The molecule has 4 saturated carbocycles. The van der Waals surface area contributed by atoms with Gasteiger partial charge >= 0.3 is 5.97 Å². The monoisotopic (exact) mass is 909 g/mol. The molecule has 0 bridgehead atoms. The third kappa shape index (κ3) is 8.47. The normalized spacial score (nSPS) is 55.5. The molecule has 0 aromatic carbocycles. The van der Waals surface area contributed by atoms with Crippen LogP contribution in [0.1, 0.15) is 126 Å². The number of ether oxygens (including phenoxy) is 9. The Morgan fingerprint density at radius 3 is 1.91 bits per heavy atom. The zero-order valence-corrected chi connectivity index (χ0v) is 38.7. The van der Waals surface area contributed by atoms with Crippen LogP contribution < -0.4 is 0 Å². The lowest BCUT2D eigenvalue weighted by molar-refractivity contribution is -0.346. The first-order valence-corrected chi connectivity index (χ1v) is 24.5. The van der Waals surface area contributed by atoms with E-state index in [4.69, 9.17) is 42.6 Å². The van der Waals surface area contributed by atoms with Gasteiger partial charge in [-0.05, 0) is 120 Å². The van der Waals surface area contributed by atoms with Crippen LogP contribution in [-0.4, -0.2) is 153 Å². The van der Waals surface area contributed by atoms with Crippen LogP contribution in [0.5, 0.6) is 0 Å². The molecule has 9 aliphatic rings. The lowest BCUT2D eigenvalue weighted by Gasteiger charge is -2.64. The third-order valence-electron chi connectivity index (χ3n) is 18.4. The summed E-state index contributed by atoms with van der Waals surface area (Å²) in [5, 5.41) is 66.4. The molecule has 15 unspecified atom stereocenters. The summed E-state index contributed by atoms with van der Waals surface area (Å²) in [4.78, 5) is 12.0. The van der Waals surface area contributed by atoms with E-state index in [-0.39, 0.29) is 66.0 Å². The van der Waals surface area contributed by atoms with E-state index in [1.165, 1.54) is 0 Å². The van der Waals surface area contributed by atoms with Crippen molar-refractivity contribution >= 4 is 5.97 Å². The van der Waals surface area contributed by atoms with Crippen molar-refractivity contribution in [2.75, 3.05) is 6.61 Å². The zero-order chi connectivity index (χ0) is 45.6. The molecule has 0 radical (unpaired) electrons. The van der Waals surface area contributed by atoms with E-state index >= 15 is 0 Å². The van der Waals surface area contributed by atoms with Gasteiger partial charge in [0.15, 0.2) is 25.2 Å². The van der Waals surface area contributed by atoms with Crippen LogP contribution in [0.15, 0.2) is 11.6 Å². The summed E-state index contributed by atoms with van der Waals surface area (Å²) in [6, 6.07) is 0. The number of rotatable bonds is 9. The van der Waals surface area contributed by atoms with E-state index < -0.39 is 97.9 Å². The predicted molar refractivity (Wildman–Crippen MR) is 226 cm³/mol. The Labute approximate surface area is 377 Å². The van der Waals surface area contributed by atoms with Gasteiger partial charge in [0.1, 0.15) is 37.1 Å². The number of fused-ring (bicyclic) bond motifs is 5. The summed E-state index contributed by atoms with van der Waals surface area (Å²) < 4.78 is 55.2. The van der Waals surface area contributed by atoms with E-state index in [1.807, 2.05) is 20.8 Å². The lowest BCUT2D eigenvalue weighted by Crippen LogP contribution is -2.62. The van der Waals surface area contributed by atoms with Crippen molar-refractivity contribution in [3.63, 3.8) is 0 Å². The summed E-state index contributed by atoms with van der Waals surface area (Å²) >= 11 is 0. The predicted octanol–water partition coefficient (Wildman–Crippen LogP) is 3.37. The summed E-state index contributed by atoms with van der Waals surface area (Å²) in [7, 11) is 0. The number of hydrogen-bond acceptors (Lipinski definition) is 16. The molecule has 4 aliphatic carbocycles. The van der Waals surface area contributed by atoms with Gasteiger partial charge in [-0.3, -0.25) is 0 Å². The fourth-order valence-corrected chi connectivity index (χ4v) is 14.4. The van der Waals surface area contributed by atoms with Crippen molar-refractivity contribution in [1.29, 1.82) is 0 Å². The molecule has 9 rings (SSSR count). The molecule has 16 heteroatoms. The third-order valence-corrected chi connectivity index (χ3v) is 18.4. The number of esters is 1. The maximum atomic E-state index is 12.6. The Morgan fingerprint density at radius 1 is 0.625 bits per heavy atom. The highest BCUT2D eigenvalue weighted by molar-refractivity contribution is 5.85. The molecular weight excluding hydrogens is 833 g/mol. The van der Waals surface area contributed by atoms with E-state index in [9.17, 15) is 35.4 Å². The quantitative estimate of drug-likeness (QED) is 0.144. The largest absolute Gasteiger partial charge is 0.458 e. The molecular formula is C48H76O16. The van der Waals surface area contributed by atoms with Gasteiger partial charge < -0.3 is 73.3 Å². The average molecular weight is 909 g/mol. The number of hydrogen-bond donors (Lipinski definition) is 6. The number of carbonyl (C=O) groups is 1. The van der Waals surface area contributed by atoms with E-state index in [0.29, 0.717) is 18.4 Å². The second-order valence-corrected chi connectivity index (χ2v) is 21.9. The van der Waals surface area contributed by atoms with Gasteiger partial charge in [-0.1, -0.05) is 20.8 Å². The maximum Gasteiger partial charge on any atom is 0.331 e. The first kappa shape index (κ1) is 47.7. The van der Waals surface area contributed by atoms with Crippen LogP contribution in [-0.2, 0) is 47.4 Å². The summed E-state index contributed by atoms with van der Waals surface area (Å²) in [6.07, 6.45) is -2.48. The fourth-order valence-electron chi connectivity index (χ4n) is 14.4. The van der Waals surface area contributed by atoms with Gasteiger partial charge in [0.05, 0.1) is 54.4 Å². The second-order valence-electron chi connectivity index (χ2n) is 21.9. The Balaban J connectivity index is 0.744. The topological polar surface area (TPSA) is 222 Å². The smallest absolute Gasteiger partial charge is 0.331 e. The number of aliphatic hydroxyl groups is 6. The van der Waals surface area contributed by atoms with Crippen molar-refractivity contribution in [1.82, 2.24) is 0 Å². The Kier molecular flexibility index (Phi) is 13.6. The molecule has 364 valence electrons. The standard InChI is InChI=1S/C48H76O16/c1-22-23(2)57-39(20-35(22)62-45-42(54)41(53)40(52)24(3)60-45)64-44-26(5)59-38(19-34(44)50)63-43-25(4)58-37(18-33(43)49)61-29-10-13-46(6)28(17-29)8-9-32-31(46)11-14-47(7)30(12-15-48(32,47)55)27-16-36(51)56-21-27/h16,22-26,28-35,37-45,49-50,52-55H,8-15,17-21H2,1-7H3/t22?,23?,24?,25?,26?,28-,29+,30-,31+,32-,33?,34?,35?,37?,38?,39?,40+,41?,42+,43?,44?,45?,46+,47-,48+/m1/s1. The highest BCUT2D eigenvalue weighted by atomic mass is 16.7. The van der Waals surface area contributed by atoms with Crippen molar-refractivity contribution in [3.8, 4) is 0 Å². The van der Waals surface area contributed by atoms with Crippen molar-refractivity contribution in [2.24, 2.45) is 40.4 Å². The maximum absolute atomic E-state index is 12.6. The van der Waals surface area contributed by atoms with Gasteiger partial charge in [-0.2, -0.15) is 0 Å². The minimum atomic E-state index is -1.44. The van der Waals surface area contributed by atoms with Gasteiger partial charge in [-0.25, -0.2) is 4.79 Å². The second kappa shape index (κ2) is 18.2. The average Bonchev–Trinajstić information content (AvgIpc) is 3.79. The first-order chi connectivity index (χ1) is 30.3. The van der Waals surface area contributed by atoms with Crippen LogP contribution in [0, 0.1) is 40.4 Å². The van der Waals surface area contributed by atoms with E-state index in [2.05, 4.69) is 13.8 Å².